The highest BCUT2D eigenvalue weighted by molar-refractivity contribution is 5.71. The molecule has 0 aromatic carbocycles. The minimum absolute atomic E-state index is 0.181. The predicted molar refractivity (Wildman–Crippen MR) is 401 cm³/mol. The van der Waals surface area contributed by atoms with E-state index in [4.69, 9.17) is 18.9 Å². The van der Waals surface area contributed by atoms with Gasteiger partial charge in [-0.15, -0.1) is 0 Å². The van der Waals surface area contributed by atoms with E-state index in [1.807, 2.05) is 21.1 Å². The number of carbonyl (C=O) groups is 3. The first kappa shape index (κ1) is 89.2. The minimum atomic E-state index is -1.51. The predicted octanol–water partition coefficient (Wildman–Crippen LogP) is 25.1. The number of aliphatic carboxylic acids is 1. The lowest BCUT2D eigenvalue weighted by Crippen LogP contribution is -2.40. The van der Waals surface area contributed by atoms with Crippen LogP contribution in [0.2, 0.25) is 0 Å². The highest BCUT2D eigenvalue weighted by atomic mass is 16.7. The molecule has 0 bridgehead atoms. The third kappa shape index (κ3) is 75.5. The summed E-state index contributed by atoms with van der Waals surface area (Å²) < 4.78 is 23.0. The van der Waals surface area contributed by atoms with Gasteiger partial charge in [-0.1, -0.05) is 349 Å². The van der Waals surface area contributed by atoms with Gasteiger partial charge in [0, 0.05) is 12.8 Å². The summed E-state index contributed by atoms with van der Waals surface area (Å²) in [5.41, 5.74) is 0. The fraction of sp³-hybridized carbons (Fsp3) is 0.774. The number of carboxylic acids is 1. The number of quaternary nitrogens is 1. The second-order valence-electron chi connectivity index (χ2n) is 27.6. The molecule has 0 aliphatic carbocycles. The SMILES string of the molecule is CC/C=C\C/C=C\C/C=C\C/C=C\C/C=C\CCCCCCCCCCCCCCCCCCCCCCCCCC(=O)OC(COC(=O)CCCCCCCCCCCCCCCC/C=C\C/C=C\C/C=C\CCCCCCC)COC(OCC[N+](C)(C)C)C(=O)O. The summed E-state index contributed by atoms with van der Waals surface area (Å²) >= 11 is 0. The van der Waals surface area contributed by atoms with Crippen LogP contribution in [0, 0.1) is 0 Å². The van der Waals surface area contributed by atoms with Crippen molar-refractivity contribution in [3.63, 3.8) is 0 Å². The average Bonchev–Trinajstić information content (AvgIpc) is 3.38. The molecule has 2 unspecified atom stereocenters. The van der Waals surface area contributed by atoms with E-state index in [0.29, 0.717) is 17.4 Å². The molecule has 0 aliphatic heterocycles. The Balaban J connectivity index is 4.00. The molecule has 9 nitrogen and oxygen atoms in total. The van der Waals surface area contributed by atoms with Crippen LogP contribution in [-0.2, 0) is 33.3 Å². The fourth-order valence-electron chi connectivity index (χ4n) is 11.3. The zero-order chi connectivity index (χ0) is 67.5. The maximum absolute atomic E-state index is 13.0. The molecule has 0 radical (unpaired) electrons. The van der Waals surface area contributed by atoms with Crippen molar-refractivity contribution in [1.82, 2.24) is 0 Å². The van der Waals surface area contributed by atoms with Gasteiger partial charge in [0.2, 0.25) is 0 Å². The number of hydrogen-bond donors (Lipinski definition) is 1. The Kier molecular flexibility index (Phi) is 71.0. The molecule has 93 heavy (non-hydrogen) atoms. The zero-order valence-electron chi connectivity index (χ0n) is 61.7. The van der Waals surface area contributed by atoms with Crippen molar-refractivity contribution < 1.29 is 42.9 Å². The van der Waals surface area contributed by atoms with Crippen molar-refractivity contribution in [1.29, 1.82) is 0 Å². The van der Waals surface area contributed by atoms with Gasteiger partial charge in [0.1, 0.15) is 13.2 Å². The van der Waals surface area contributed by atoms with Crippen LogP contribution in [0.25, 0.3) is 0 Å². The Bertz CT molecular complexity index is 1850. The number of carbonyl (C=O) groups excluding carboxylic acids is 2. The third-order valence-electron chi connectivity index (χ3n) is 17.3. The highest BCUT2D eigenvalue weighted by Crippen LogP contribution is 2.19. The smallest absolute Gasteiger partial charge is 0.361 e. The molecule has 2 atom stereocenters. The van der Waals surface area contributed by atoms with Gasteiger partial charge in [-0.25, -0.2) is 4.79 Å². The standard InChI is InChI=1S/C84H149NO8/c1-6-8-10-12-14-16-18-20-22-24-26-28-30-32-34-36-37-38-39-40-41-42-43-44-45-47-49-51-53-55-57-59-61-63-65-67-69-71-73-75-82(87)93-80(79-92-84(83(88)89)90-77-76-85(3,4)5)78-91-81(86)74-72-70-68-66-64-62-60-58-56-54-52-50-48-46-35-33-31-29-27-25-23-21-19-17-15-13-11-9-7-2/h8,10,14,16,19-22,25-28,31-34,80,84H,6-7,9,11-13,15,17-18,23-24,29-30,35-79H2,1-5H3/p+1/b10-8-,16-14-,21-19-,22-20-,27-25-,28-26-,33-31-,34-32-. The summed E-state index contributed by atoms with van der Waals surface area (Å²) in [7, 11) is 5.99. The van der Waals surface area contributed by atoms with Crippen molar-refractivity contribution in [2.45, 2.75) is 373 Å². The third-order valence-corrected chi connectivity index (χ3v) is 17.3. The summed E-state index contributed by atoms with van der Waals surface area (Å²) in [6.45, 7) is 4.80. The van der Waals surface area contributed by atoms with Crippen LogP contribution in [0.1, 0.15) is 361 Å². The van der Waals surface area contributed by atoms with E-state index in [-0.39, 0.29) is 38.2 Å². The number of unbranched alkanes of at least 4 members (excludes halogenated alkanes) is 42. The molecular formula is C84H150NO8+. The van der Waals surface area contributed by atoms with Crippen LogP contribution in [-0.4, -0.2) is 87.4 Å². The van der Waals surface area contributed by atoms with Crippen LogP contribution in [0.15, 0.2) is 97.2 Å². The van der Waals surface area contributed by atoms with Gasteiger partial charge in [-0.2, -0.15) is 0 Å². The summed E-state index contributed by atoms with van der Waals surface area (Å²) in [5.74, 6) is -1.99. The largest absolute Gasteiger partial charge is 0.477 e. The van der Waals surface area contributed by atoms with Gasteiger partial charge in [0.05, 0.1) is 34.4 Å². The van der Waals surface area contributed by atoms with Crippen LogP contribution < -0.4 is 0 Å². The molecule has 0 saturated heterocycles. The number of allylic oxidation sites excluding steroid dienone is 16. The number of hydrogen-bond acceptors (Lipinski definition) is 7. The first-order chi connectivity index (χ1) is 45.6. The topological polar surface area (TPSA) is 108 Å². The number of likely N-dealkylation sites (N-methyl/N-ethyl adjacent to an activating group) is 1. The van der Waals surface area contributed by atoms with Crippen molar-refractivity contribution in [2.75, 3.05) is 47.5 Å². The molecule has 9 heteroatoms. The summed E-state index contributed by atoms with van der Waals surface area (Å²) in [6, 6.07) is 0. The minimum Gasteiger partial charge on any atom is -0.477 e. The Hall–Kier alpha value is -3.79. The van der Waals surface area contributed by atoms with Crippen molar-refractivity contribution in [3.8, 4) is 0 Å². The Morgan fingerprint density at radius 1 is 0.333 bits per heavy atom. The number of esters is 2. The second kappa shape index (κ2) is 74.0. The normalized spacial score (nSPS) is 13.2. The Labute approximate surface area is 575 Å². The van der Waals surface area contributed by atoms with Gasteiger partial charge in [-0.05, 0) is 96.3 Å². The molecule has 0 aromatic rings. The first-order valence-electron chi connectivity index (χ1n) is 39.4. The number of carboxylic acid groups (broad SMARTS) is 1. The molecule has 0 amide bonds. The lowest BCUT2D eigenvalue weighted by Gasteiger charge is -2.25. The second-order valence-corrected chi connectivity index (χ2v) is 27.6. The molecule has 0 spiro atoms. The molecule has 0 saturated carbocycles. The summed E-state index contributed by atoms with van der Waals surface area (Å²) in [4.78, 5) is 37.7. The molecule has 0 fully saturated rings. The lowest BCUT2D eigenvalue weighted by molar-refractivity contribution is -0.870. The number of ether oxygens (including phenoxy) is 4. The van der Waals surface area contributed by atoms with E-state index >= 15 is 0 Å². The quantitative estimate of drug-likeness (QED) is 0.0211. The van der Waals surface area contributed by atoms with Crippen molar-refractivity contribution in [3.05, 3.63) is 97.2 Å². The Morgan fingerprint density at radius 2 is 0.613 bits per heavy atom. The van der Waals surface area contributed by atoms with E-state index in [2.05, 4.69) is 111 Å². The molecule has 0 aromatic heterocycles. The van der Waals surface area contributed by atoms with Crippen molar-refractivity contribution in [2.24, 2.45) is 0 Å². The van der Waals surface area contributed by atoms with E-state index in [1.54, 1.807) is 0 Å². The highest BCUT2D eigenvalue weighted by Gasteiger charge is 2.25. The molecule has 538 valence electrons. The van der Waals surface area contributed by atoms with E-state index < -0.39 is 18.4 Å². The van der Waals surface area contributed by atoms with Gasteiger partial charge >= 0.3 is 17.9 Å². The monoisotopic (exact) mass is 1300 g/mol. The van der Waals surface area contributed by atoms with Gasteiger partial charge in [0.15, 0.2) is 6.10 Å². The maximum Gasteiger partial charge on any atom is 0.361 e. The van der Waals surface area contributed by atoms with Crippen LogP contribution in [0.3, 0.4) is 0 Å². The molecule has 0 heterocycles. The van der Waals surface area contributed by atoms with Crippen LogP contribution in [0.5, 0.6) is 0 Å². The number of nitrogens with zero attached hydrogens (tertiary/aromatic N) is 1. The van der Waals surface area contributed by atoms with Crippen LogP contribution >= 0.6 is 0 Å². The molecule has 0 aliphatic rings. The van der Waals surface area contributed by atoms with Crippen LogP contribution in [0.4, 0.5) is 0 Å². The van der Waals surface area contributed by atoms with E-state index in [9.17, 15) is 19.5 Å². The van der Waals surface area contributed by atoms with Gasteiger partial charge in [-0.3, -0.25) is 9.59 Å². The fourth-order valence-corrected chi connectivity index (χ4v) is 11.3. The zero-order valence-corrected chi connectivity index (χ0v) is 61.7. The number of rotatable bonds is 73. The maximum atomic E-state index is 13.0. The molecular weight excluding hydrogens is 1150 g/mol. The lowest BCUT2D eigenvalue weighted by atomic mass is 10.0. The van der Waals surface area contributed by atoms with E-state index in [1.165, 1.54) is 250 Å². The molecule has 0 rings (SSSR count). The van der Waals surface area contributed by atoms with Gasteiger partial charge < -0.3 is 28.5 Å². The summed E-state index contributed by atoms with van der Waals surface area (Å²) in [6.07, 6.45) is 99.8. The van der Waals surface area contributed by atoms with Crippen molar-refractivity contribution >= 4 is 17.9 Å². The summed E-state index contributed by atoms with van der Waals surface area (Å²) in [5, 5.41) is 9.77. The average molecular weight is 1300 g/mol. The molecule has 1 N–H and O–H groups in total. The first-order valence-corrected chi connectivity index (χ1v) is 39.4. The van der Waals surface area contributed by atoms with E-state index in [0.717, 1.165) is 83.5 Å². The van der Waals surface area contributed by atoms with Gasteiger partial charge in [0.25, 0.3) is 6.29 Å². The Morgan fingerprint density at radius 3 is 0.914 bits per heavy atom.